The highest BCUT2D eigenvalue weighted by molar-refractivity contribution is 7.09. The van der Waals surface area contributed by atoms with E-state index in [9.17, 15) is 4.39 Å². The van der Waals surface area contributed by atoms with Crippen LogP contribution < -0.4 is 10.2 Å². The number of anilines is 1. The van der Waals surface area contributed by atoms with E-state index in [1.807, 2.05) is 6.07 Å². The van der Waals surface area contributed by atoms with Crippen LogP contribution in [0.1, 0.15) is 18.3 Å². The smallest absolute Gasteiger partial charge is 0.205 e. The van der Waals surface area contributed by atoms with Gasteiger partial charge in [-0.25, -0.2) is 9.37 Å². The summed E-state index contributed by atoms with van der Waals surface area (Å²) in [5.74, 6) is 0.552. The summed E-state index contributed by atoms with van der Waals surface area (Å²) in [6, 6.07) is 7.07. The summed E-state index contributed by atoms with van der Waals surface area (Å²) in [5, 5.41) is 4.37. The Morgan fingerprint density at radius 1 is 1.50 bits per heavy atom. The van der Waals surface area contributed by atoms with Crippen molar-refractivity contribution in [2.45, 2.75) is 19.4 Å². The molecule has 1 aliphatic rings. The van der Waals surface area contributed by atoms with E-state index in [1.165, 1.54) is 23.7 Å². The maximum atomic E-state index is 13.2. The third kappa shape index (κ3) is 3.13. The first-order chi connectivity index (χ1) is 9.70. The minimum Gasteiger partial charge on any atom is -0.344 e. The number of rotatable bonds is 3. The topological polar surface area (TPSA) is 41.1 Å². The maximum absolute atomic E-state index is 13.2. The molecule has 0 radical (unpaired) electrons. The van der Waals surface area contributed by atoms with Crippen LogP contribution in [-0.2, 0) is 6.42 Å². The van der Waals surface area contributed by atoms with Crippen molar-refractivity contribution in [2.24, 2.45) is 0 Å². The molecule has 2 aromatic rings. The predicted molar refractivity (Wildman–Crippen MR) is 78.8 cm³/mol. The third-order valence-electron chi connectivity index (χ3n) is 3.35. The molecule has 20 heavy (non-hydrogen) atoms. The molecule has 1 aromatic heterocycles. The van der Waals surface area contributed by atoms with Crippen LogP contribution in [-0.4, -0.2) is 35.0 Å². The molecule has 0 amide bonds. The molecule has 1 atom stereocenters. The van der Waals surface area contributed by atoms with Crippen molar-refractivity contribution in [3.63, 3.8) is 0 Å². The van der Waals surface area contributed by atoms with Crippen molar-refractivity contribution in [1.29, 1.82) is 0 Å². The van der Waals surface area contributed by atoms with Gasteiger partial charge in [0.05, 0.1) is 0 Å². The molecule has 106 valence electrons. The van der Waals surface area contributed by atoms with Crippen molar-refractivity contribution in [3.05, 3.63) is 41.5 Å². The average molecular weight is 292 g/mol. The molecular weight excluding hydrogens is 275 g/mol. The molecule has 4 nitrogen and oxygen atoms in total. The largest absolute Gasteiger partial charge is 0.344 e. The first-order valence-electron chi connectivity index (χ1n) is 6.76. The van der Waals surface area contributed by atoms with E-state index < -0.39 is 0 Å². The van der Waals surface area contributed by atoms with Gasteiger partial charge in [0.1, 0.15) is 11.6 Å². The number of piperazine rings is 1. The number of hydrogen-bond donors (Lipinski definition) is 1. The Hall–Kier alpha value is -1.53. The molecule has 0 aliphatic carbocycles. The fraction of sp³-hybridized carbons (Fsp3) is 0.429. The van der Waals surface area contributed by atoms with Gasteiger partial charge in [-0.3, -0.25) is 0 Å². The summed E-state index contributed by atoms with van der Waals surface area (Å²) < 4.78 is 17.5. The predicted octanol–water partition coefficient (Wildman–Crippen LogP) is 2.07. The van der Waals surface area contributed by atoms with Crippen LogP contribution in [0.15, 0.2) is 24.3 Å². The summed E-state index contributed by atoms with van der Waals surface area (Å²) in [4.78, 5) is 6.83. The van der Waals surface area contributed by atoms with Crippen molar-refractivity contribution in [1.82, 2.24) is 14.7 Å². The summed E-state index contributed by atoms with van der Waals surface area (Å²) in [6.07, 6.45) is 0.579. The molecule has 1 N–H and O–H groups in total. The van der Waals surface area contributed by atoms with Gasteiger partial charge < -0.3 is 10.2 Å². The van der Waals surface area contributed by atoms with E-state index in [4.69, 9.17) is 0 Å². The van der Waals surface area contributed by atoms with Crippen LogP contribution in [0.4, 0.5) is 9.52 Å². The lowest BCUT2D eigenvalue weighted by Gasteiger charge is -2.31. The summed E-state index contributed by atoms with van der Waals surface area (Å²) >= 11 is 1.42. The van der Waals surface area contributed by atoms with Crippen LogP contribution in [0.3, 0.4) is 0 Å². The third-order valence-corrected chi connectivity index (χ3v) is 4.16. The molecular formula is C14H17FN4S. The molecule has 1 aliphatic heterocycles. The van der Waals surface area contributed by atoms with Crippen molar-refractivity contribution in [3.8, 4) is 0 Å². The summed E-state index contributed by atoms with van der Waals surface area (Å²) in [5.41, 5.74) is 0.906. The number of benzene rings is 1. The van der Waals surface area contributed by atoms with Gasteiger partial charge in [-0.05, 0) is 24.6 Å². The second-order valence-corrected chi connectivity index (χ2v) is 5.83. The molecule has 1 fully saturated rings. The van der Waals surface area contributed by atoms with Gasteiger partial charge in [0.25, 0.3) is 0 Å². The molecule has 1 saturated heterocycles. The lowest BCUT2D eigenvalue weighted by atomic mass is 10.1. The van der Waals surface area contributed by atoms with Crippen molar-refractivity contribution < 1.29 is 4.39 Å². The highest BCUT2D eigenvalue weighted by Crippen LogP contribution is 2.20. The highest BCUT2D eigenvalue weighted by Gasteiger charge is 2.19. The lowest BCUT2D eigenvalue weighted by Crippen LogP contribution is -2.49. The normalized spacial score (nSPS) is 19.3. The Bertz CT molecular complexity index is 586. The van der Waals surface area contributed by atoms with E-state index in [1.54, 1.807) is 6.07 Å². The second-order valence-electron chi connectivity index (χ2n) is 5.10. The van der Waals surface area contributed by atoms with Gasteiger partial charge in [-0.1, -0.05) is 12.1 Å². The SMILES string of the molecule is CC1CN(c2nc(Cc3cccc(F)c3)ns2)CCN1. The van der Waals surface area contributed by atoms with Gasteiger partial charge in [0.2, 0.25) is 5.13 Å². The fourth-order valence-corrected chi connectivity index (χ4v) is 3.10. The van der Waals surface area contributed by atoms with Gasteiger partial charge in [0, 0.05) is 43.6 Å². The van der Waals surface area contributed by atoms with Crippen molar-refractivity contribution >= 4 is 16.7 Å². The van der Waals surface area contributed by atoms with Gasteiger partial charge in [-0.15, -0.1) is 0 Å². The number of halogens is 1. The minimum atomic E-state index is -0.214. The monoisotopic (exact) mass is 292 g/mol. The molecule has 6 heteroatoms. The van der Waals surface area contributed by atoms with Crippen LogP contribution >= 0.6 is 11.5 Å². The zero-order valence-corrected chi connectivity index (χ0v) is 12.2. The van der Waals surface area contributed by atoms with E-state index >= 15 is 0 Å². The van der Waals surface area contributed by atoms with Gasteiger partial charge in [0.15, 0.2) is 0 Å². The van der Waals surface area contributed by atoms with Crippen LogP contribution in [0.25, 0.3) is 0 Å². The summed E-state index contributed by atoms with van der Waals surface area (Å²) in [6.45, 7) is 5.05. The van der Waals surface area contributed by atoms with Gasteiger partial charge >= 0.3 is 0 Å². The number of hydrogen-bond acceptors (Lipinski definition) is 5. The quantitative estimate of drug-likeness (QED) is 0.940. The van der Waals surface area contributed by atoms with Crippen LogP contribution in [0.2, 0.25) is 0 Å². The molecule has 3 rings (SSSR count). The first kappa shape index (κ1) is 13.5. The Balaban J connectivity index is 1.70. The van der Waals surface area contributed by atoms with Crippen LogP contribution in [0.5, 0.6) is 0 Å². The fourth-order valence-electron chi connectivity index (χ4n) is 2.38. The minimum absolute atomic E-state index is 0.214. The van der Waals surface area contributed by atoms with Gasteiger partial charge in [-0.2, -0.15) is 4.37 Å². The second kappa shape index (κ2) is 5.85. The molecule has 1 unspecified atom stereocenters. The van der Waals surface area contributed by atoms with E-state index in [-0.39, 0.29) is 5.82 Å². The Labute approximate surface area is 121 Å². The standard InChI is InChI=1S/C14H17FN4S/c1-10-9-19(6-5-16-10)14-17-13(18-20-14)8-11-3-2-4-12(15)7-11/h2-4,7,10,16H,5-6,8-9H2,1H3. The van der Waals surface area contributed by atoms with E-state index in [2.05, 4.69) is 26.5 Å². The van der Waals surface area contributed by atoms with Crippen LogP contribution in [0, 0.1) is 5.82 Å². The first-order valence-corrected chi connectivity index (χ1v) is 7.53. The highest BCUT2D eigenvalue weighted by atomic mass is 32.1. The number of nitrogens with one attached hydrogen (secondary N) is 1. The molecule has 0 bridgehead atoms. The van der Waals surface area contributed by atoms with E-state index in [0.29, 0.717) is 12.5 Å². The molecule has 0 spiro atoms. The Kier molecular flexibility index (Phi) is 3.93. The Morgan fingerprint density at radius 3 is 3.20 bits per heavy atom. The number of aromatic nitrogens is 2. The zero-order chi connectivity index (χ0) is 13.9. The average Bonchev–Trinajstić information content (AvgIpc) is 2.87. The lowest BCUT2D eigenvalue weighted by molar-refractivity contribution is 0.484. The van der Waals surface area contributed by atoms with Crippen molar-refractivity contribution in [2.75, 3.05) is 24.5 Å². The summed E-state index contributed by atoms with van der Waals surface area (Å²) in [7, 11) is 0. The molecule has 1 aromatic carbocycles. The zero-order valence-electron chi connectivity index (χ0n) is 11.3. The molecule has 2 heterocycles. The number of nitrogens with zero attached hydrogens (tertiary/aromatic N) is 3. The molecule has 0 saturated carbocycles. The maximum Gasteiger partial charge on any atom is 0.205 e. The van der Waals surface area contributed by atoms with E-state index in [0.717, 1.165) is 36.2 Å². The Morgan fingerprint density at radius 2 is 2.40 bits per heavy atom.